The first kappa shape index (κ1) is 10.8. The molecule has 2 aromatic rings. The van der Waals surface area contributed by atoms with Crippen molar-refractivity contribution in [1.82, 2.24) is 9.97 Å². The minimum absolute atomic E-state index is 0.0491. The molecule has 0 radical (unpaired) electrons. The summed E-state index contributed by atoms with van der Waals surface area (Å²) in [5, 5.41) is 0.0491. The van der Waals surface area contributed by atoms with Crippen molar-refractivity contribution in [3.8, 4) is 11.3 Å². The zero-order valence-corrected chi connectivity index (χ0v) is 8.67. The van der Waals surface area contributed by atoms with Gasteiger partial charge < -0.3 is 5.73 Å². The van der Waals surface area contributed by atoms with Crippen LogP contribution in [-0.4, -0.2) is 9.97 Å². The number of aromatic nitrogens is 2. The van der Waals surface area contributed by atoms with Gasteiger partial charge in [-0.05, 0) is 12.1 Å². The molecule has 1 aromatic carbocycles. The summed E-state index contributed by atoms with van der Waals surface area (Å²) in [6.45, 7) is 0. The maximum absolute atomic E-state index is 13.4. The van der Waals surface area contributed by atoms with E-state index in [1.165, 1.54) is 12.4 Å². The average Bonchev–Trinajstić information content (AvgIpc) is 2.23. The van der Waals surface area contributed by atoms with E-state index in [1.807, 2.05) is 0 Å². The van der Waals surface area contributed by atoms with E-state index in [9.17, 15) is 8.78 Å². The van der Waals surface area contributed by atoms with Gasteiger partial charge in [-0.1, -0.05) is 11.6 Å². The second-order valence-electron chi connectivity index (χ2n) is 3.05. The number of halogens is 3. The van der Waals surface area contributed by atoms with E-state index in [0.717, 1.165) is 12.1 Å². The van der Waals surface area contributed by atoms with Crippen LogP contribution in [0.4, 0.5) is 14.6 Å². The van der Waals surface area contributed by atoms with Gasteiger partial charge in [0.05, 0.1) is 5.69 Å². The molecule has 1 aromatic heterocycles. The molecule has 0 aliphatic carbocycles. The SMILES string of the molecule is Nc1ncnc(-c2ccc(F)cc2F)c1Cl. The molecule has 2 rings (SSSR count). The molecule has 0 saturated heterocycles. The lowest BCUT2D eigenvalue weighted by Crippen LogP contribution is -1.97. The number of hydrogen-bond acceptors (Lipinski definition) is 3. The standard InChI is InChI=1S/C10H6ClF2N3/c11-8-9(15-4-16-10(8)14)6-2-1-5(12)3-7(6)13/h1-4H,(H2,14,15,16). The smallest absolute Gasteiger partial charge is 0.146 e. The van der Waals surface area contributed by atoms with Crippen LogP contribution >= 0.6 is 11.6 Å². The Labute approximate surface area is 94.9 Å². The highest BCUT2D eigenvalue weighted by atomic mass is 35.5. The first-order valence-corrected chi connectivity index (χ1v) is 4.69. The van der Waals surface area contributed by atoms with Crippen molar-refractivity contribution in [3.63, 3.8) is 0 Å². The minimum atomic E-state index is -0.750. The molecule has 0 bridgehead atoms. The summed E-state index contributed by atoms with van der Waals surface area (Å²) in [4.78, 5) is 7.46. The number of rotatable bonds is 1. The van der Waals surface area contributed by atoms with Crippen LogP contribution in [0.1, 0.15) is 0 Å². The molecule has 0 fully saturated rings. The summed E-state index contributed by atoms with van der Waals surface area (Å²) < 4.78 is 26.2. The number of hydrogen-bond donors (Lipinski definition) is 1. The zero-order chi connectivity index (χ0) is 11.7. The van der Waals surface area contributed by atoms with Crippen molar-refractivity contribution in [1.29, 1.82) is 0 Å². The van der Waals surface area contributed by atoms with Crippen LogP contribution in [0.25, 0.3) is 11.3 Å². The summed E-state index contributed by atoms with van der Waals surface area (Å²) in [5.74, 6) is -1.37. The third kappa shape index (κ3) is 1.81. The predicted molar refractivity (Wildman–Crippen MR) is 56.8 cm³/mol. The Bertz CT molecular complexity index is 546. The van der Waals surface area contributed by atoms with Crippen molar-refractivity contribution in [3.05, 3.63) is 41.2 Å². The molecule has 3 nitrogen and oxygen atoms in total. The molecule has 0 saturated carbocycles. The van der Waals surface area contributed by atoms with E-state index in [2.05, 4.69) is 9.97 Å². The topological polar surface area (TPSA) is 51.8 Å². The fourth-order valence-corrected chi connectivity index (χ4v) is 1.45. The van der Waals surface area contributed by atoms with Gasteiger partial charge in [-0.15, -0.1) is 0 Å². The van der Waals surface area contributed by atoms with Crippen molar-refractivity contribution in [2.75, 3.05) is 5.73 Å². The van der Waals surface area contributed by atoms with Gasteiger partial charge in [0.15, 0.2) is 0 Å². The predicted octanol–water partition coefficient (Wildman–Crippen LogP) is 2.66. The molecular formula is C10H6ClF2N3. The molecule has 0 unspecified atom stereocenters. The molecule has 82 valence electrons. The lowest BCUT2D eigenvalue weighted by atomic mass is 10.1. The average molecular weight is 242 g/mol. The van der Waals surface area contributed by atoms with Gasteiger partial charge in [0.25, 0.3) is 0 Å². The molecule has 0 spiro atoms. The number of anilines is 1. The third-order valence-corrected chi connectivity index (χ3v) is 2.38. The maximum Gasteiger partial charge on any atom is 0.146 e. The zero-order valence-electron chi connectivity index (χ0n) is 7.92. The van der Waals surface area contributed by atoms with Crippen LogP contribution in [-0.2, 0) is 0 Å². The molecular weight excluding hydrogens is 236 g/mol. The Morgan fingerprint density at radius 3 is 2.62 bits per heavy atom. The summed E-state index contributed by atoms with van der Waals surface area (Å²) >= 11 is 5.83. The van der Waals surface area contributed by atoms with Crippen molar-refractivity contribution >= 4 is 17.4 Å². The third-order valence-electron chi connectivity index (χ3n) is 2.00. The fraction of sp³-hybridized carbons (Fsp3) is 0. The second kappa shape index (κ2) is 4.02. The van der Waals surface area contributed by atoms with Gasteiger partial charge in [0.2, 0.25) is 0 Å². The number of benzene rings is 1. The minimum Gasteiger partial charge on any atom is -0.382 e. The molecule has 1 heterocycles. The highest BCUT2D eigenvalue weighted by Gasteiger charge is 2.13. The molecule has 2 N–H and O–H groups in total. The largest absolute Gasteiger partial charge is 0.382 e. The van der Waals surface area contributed by atoms with E-state index in [-0.39, 0.29) is 22.1 Å². The van der Waals surface area contributed by atoms with Gasteiger partial charge in [-0.3, -0.25) is 0 Å². The number of nitrogen functional groups attached to an aromatic ring is 1. The van der Waals surface area contributed by atoms with Crippen LogP contribution in [0.5, 0.6) is 0 Å². The van der Waals surface area contributed by atoms with E-state index >= 15 is 0 Å². The van der Waals surface area contributed by atoms with Crippen LogP contribution in [0.2, 0.25) is 5.02 Å². The van der Waals surface area contributed by atoms with E-state index < -0.39 is 11.6 Å². The van der Waals surface area contributed by atoms with E-state index in [4.69, 9.17) is 17.3 Å². The quantitative estimate of drug-likeness (QED) is 0.835. The van der Waals surface area contributed by atoms with Crippen LogP contribution in [0.3, 0.4) is 0 Å². The monoisotopic (exact) mass is 241 g/mol. The van der Waals surface area contributed by atoms with Crippen molar-refractivity contribution in [2.24, 2.45) is 0 Å². The summed E-state index contributed by atoms with van der Waals surface area (Å²) in [6.07, 6.45) is 1.17. The highest BCUT2D eigenvalue weighted by Crippen LogP contribution is 2.30. The van der Waals surface area contributed by atoms with Gasteiger partial charge >= 0.3 is 0 Å². The lowest BCUT2D eigenvalue weighted by Gasteiger charge is -2.05. The summed E-state index contributed by atoms with van der Waals surface area (Å²) in [6, 6.07) is 3.12. The van der Waals surface area contributed by atoms with Crippen LogP contribution < -0.4 is 5.73 Å². The van der Waals surface area contributed by atoms with E-state index in [1.54, 1.807) is 0 Å². The van der Waals surface area contributed by atoms with Gasteiger partial charge in [0, 0.05) is 11.6 Å². The van der Waals surface area contributed by atoms with Gasteiger partial charge in [-0.2, -0.15) is 0 Å². The van der Waals surface area contributed by atoms with Crippen molar-refractivity contribution < 1.29 is 8.78 Å². The van der Waals surface area contributed by atoms with Crippen LogP contribution in [0, 0.1) is 11.6 Å². The fourth-order valence-electron chi connectivity index (χ4n) is 1.25. The summed E-state index contributed by atoms with van der Waals surface area (Å²) in [7, 11) is 0. The summed E-state index contributed by atoms with van der Waals surface area (Å²) in [5.41, 5.74) is 5.69. The Hall–Kier alpha value is -1.75. The molecule has 16 heavy (non-hydrogen) atoms. The van der Waals surface area contributed by atoms with Gasteiger partial charge in [-0.25, -0.2) is 18.7 Å². The Balaban J connectivity index is 2.63. The van der Waals surface area contributed by atoms with Gasteiger partial charge in [0.1, 0.15) is 28.8 Å². The lowest BCUT2D eigenvalue weighted by molar-refractivity contribution is 0.585. The normalized spacial score (nSPS) is 10.4. The number of nitrogens with zero attached hydrogens (tertiary/aromatic N) is 2. The first-order chi connectivity index (χ1) is 7.59. The Morgan fingerprint density at radius 2 is 1.94 bits per heavy atom. The van der Waals surface area contributed by atoms with Crippen LogP contribution in [0.15, 0.2) is 24.5 Å². The molecule has 0 atom stereocenters. The maximum atomic E-state index is 13.4. The van der Waals surface area contributed by atoms with Crippen molar-refractivity contribution in [2.45, 2.75) is 0 Å². The Morgan fingerprint density at radius 1 is 1.19 bits per heavy atom. The molecule has 0 aliphatic rings. The second-order valence-corrected chi connectivity index (χ2v) is 3.42. The number of nitrogens with two attached hydrogens (primary N) is 1. The highest BCUT2D eigenvalue weighted by molar-refractivity contribution is 6.35. The molecule has 0 amide bonds. The molecule has 0 aliphatic heterocycles. The Kier molecular flexibility index (Phi) is 2.70. The molecule has 6 heteroatoms. The van der Waals surface area contributed by atoms with E-state index in [0.29, 0.717) is 0 Å². The first-order valence-electron chi connectivity index (χ1n) is 4.31.